The zero-order valence-electron chi connectivity index (χ0n) is 25.7. The fraction of sp³-hybridized carbons (Fsp3) is 0. The minimum Gasteiger partial charge on any atom is -0.278 e. The molecule has 0 amide bonds. The van der Waals surface area contributed by atoms with Crippen LogP contribution in [-0.2, 0) is 0 Å². The number of hydrogen-bond donors (Lipinski definition) is 0. The van der Waals surface area contributed by atoms with Crippen LogP contribution in [0.2, 0.25) is 0 Å². The molecule has 3 nitrogen and oxygen atoms in total. The fourth-order valence-corrected chi connectivity index (χ4v) is 8.98. The van der Waals surface area contributed by atoms with E-state index in [0.29, 0.717) is 5.95 Å². The van der Waals surface area contributed by atoms with E-state index in [-0.39, 0.29) is 0 Å². The molecule has 48 heavy (non-hydrogen) atoms. The average molecular weight is 628 g/mol. The summed E-state index contributed by atoms with van der Waals surface area (Å²) in [4.78, 5) is 10.6. The highest BCUT2D eigenvalue weighted by Gasteiger charge is 2.26. The second-order valence-electron chi connectivity index (χ2n) is 12.6. The predicted molar refractivity (Wildman–Crippen MR) is 202 cm³/mol. The van der Waals surface area contributed by atoms with E-state index in [4.69, 9.17) is 9.97 Å². The highest BCUT2D eigenvalue weighted by Crippen LogP contribution is 2.51. The SMILES string of the molecule is c1ccc(-c2cc(-c3ccccc3)nc(-n3c4cccc5c4c4c6c(cccc6ccc43)-c3cc4c(cc3-5)sc3ccccc34)n2)cc1. The van der Waals surface area contributed by atoms with Crippen LogP contribution in [0.4, 0.5) is 0 Å². The van der Waals surface area contributed by atoms with Crippen molar-refractivity contribution in [3.05, 3.63) is 152 Å². The van der Waals surface area contributed by atoms with Gasteiger partial charge in [0.15, 0.2) is 0 Å². The number of aromatic nitrogens is 3. The maximum Gasteiger partial charge on any atom is 0.235 e. The molecule has 1 aliphatic rings. The molecule has 7 aromatic carbocycles. The van der Waals surface area contributed by atoms with Crippen molar-refractivity contribution in [1.82, 2.24) is 14.5 Å². The standard InChI is InChI=1S/C44H25N3S/c1-3-11-26(12-4-1)35-25-36(27-13-5-2-6-14-27)46-44(45-35)47-37-19-10-18-31-33-24-40-34(29-16-7-8-20-39(29)48-40)23-32(33)30-17-9-15-28-21-22-38(47)43(41(28)30)42(31)37/h1-25H. The number of benzene rings is 7. The van der Waals surface area contributed by atoms with Crippen LogP contribution in [0.1, 0.15) is 0 Å². The molecule has 0 spiro atoms. The van der Waals surface area contributed by atoms with Crippen molar-refractivity contribution in [3.63, 3.8) is 0 Å². The maximum atomic E-state index is 5.29. The monoisotopic (exact) mass is 627 g/mol. The average Bonchev–Trinajstić information content (AvgIpc) is 3.66. The largest absolute Gasteiger partial charge is 0.278 e. The second-order valence-corrected chi connectivity index (χ2v) is 13.6. The minimum absolute atomic E-state index is 0.671. The normalized spacial score (nSPS) is 12.2. The summed E-state index contributed by atoms with van der Waals surface area (Å²) in [6.45, 7) is 0. The zero-order valence-corrected chi connectivity index (χ0v) is 26.5. The Kier molecular flexibility index (Phi) is 5.26. The van der Waals surface area contributed by atoms with Gasteiger partial charge in [-0.2, -0.15) is 0 Å². The van der Waals surface area contributed by atoms with Gasteiger partial charge >= 0.3 is 0 Å². The Bertz CT molecular complexity index is 2880. The van der Waals surface area contributed by atoms with Gasteiger partial charge in [-0.3, -0.25) is 4.57 Å². The number of rotatable bonds is 3. The molecule has 3 aromatic heterocycles. The van der Waals surface area contributed by atoms with Crippen molar-refractivity contribution in [2.24, 2.45) is 0 Å². The maximum absolute atomic E-state index is 5.29. The summed E-state index contributed by atoms with van der Waals surface area (Å²) in [5, 5.41) is 7.67. The van der Waals surface area contributed by atoms with Crippen molar-refractivity contribution >= 4 is 64.1 Å². The lowest BCUT2D eigenvalue weighted by Crippen LogP contribution is -2.04. The van der Waals surface area contributed by atoms with E-state index in [9.17, 15) is 0 Å². The van der Waals surface area contributed by atoms with E-state index >= 15 is 0 Å². The summed E-state index contributed by atoms with van der Waals surface area (Å²) in [5.41, 5.74) is 11.2. The van der Waals surface area contributed by atoms with Crippen LogP contribution in [0.25, 0.3) is 103 Å². The van der Waals surface area contributed by atoms with Crippen LogP contribution < -0.4 is 0 Å². The van der Waals surface area contributed by atoms with Crippen LogP contribution >= 0.6 is 11.3 Å². The quantitative estimate of drug-likeness (QED) is 0.195. The van der Waals surface area contributed by atoms with Crippen molar-refractivity contribution in [3.8, 4) is 50.7 Å². The third-order valence-corrected chi connectivity index (χ3v) is 11.1. The summed E-state index contributed by atoms with van der Waals surface area (Å²) >= 11 is 1.88. The molecule has 11 rings (SSSR count). The van der Waals surface area contributed by atoms with Crippen LogP contribution in [0, 0.1) is 0 Å². The molecule has 0 atom stereocenters. The second kappa shape index (κ2) is 9.71. The van der Waals surface area contributed by atoms with Gasteiger partial charge in [-0.1, -0.05) is 115 Å². The summed E-state index contributed by atoms with van der Waals surface area (Å²) in [7, 11) is 0. The Hall–Kier alpha value is -6.10. The number of nitrogens with zero attached hydrogens (tertiary/aromatic N) is 3. The van der Waals surface area contributed by atoms with Gasteiger partial charge in [-0.25, -0.2) is 9.97 Å². The van der Waals surface area contributed by atoms with Gasteiger partial charge < -0.3 is 0 Å². The highest BCUT2D eigenvalue weighted by atomic mass is 32.1. The molecule has 1 aliphatic carbocycles. The van der Waals surface area contributed by atoms with Gasteiger partial charge in [0, 0.05) is 42.1 Å². The molecule has 4 heteroatoms. The lowest BCUT2D eigenvalue weighted by atomic mass is 9.92. The zero-order chi connectivity index (χ0) is 31.3. The van der Waals surface area contributed by atoms with Crippen molar-refractivity contribution < 1.29 is 0 Å². The van der Waals surface area contributed by atoms with Gasteiger partial charge in [0.2, 0.25) is 5.95 Å². The fourth-order valence-electron chi connectivity index (χ4n) is 7.86. The molecule has 0 N–H and O–H groups in total. The summed E-state index contributed by atoms with van der Waals surface area (Å²) in [6, 6.07) is 54.6. The van der Waals surface area contributed by atoms with Crippen LogP contribution in [0.15, 0.2) is 152 Å². The van der Waals surface area contributed by atoms with Crippen molar-refractivity contribution in [2.45, 2.75) is 0 Å². The number of fused-ring (bicyclic) bond motifs is 6. The summed E-state index contributed by atoms with van der Waals surface area (Å²) < 4.78 is 4.92. The first-order valence-electron chi connectivity index (χ1n) is 16.3. The first-order chi connectivity index (χ1) is 23.8. The van der Waals surface area contributed by atoms with Crippen LogP contribution in [-0.4, -0.2) is 14.5 Å². The summed E-state index contributed by atoms with van der Waals surface area (Å²) in [6.07, 6.45) is 0. The smallest absolute Gasteiger partial charge is 0.235 e. The number of thiophene rings is 1. The first kappa shape index (κ1) is 26.0. The van der Waals surface area contributed by atoms with Crippen molar-refractivity contribution in [2.75, 3.05) is 0 Å². The van der Waals surface area contributed by atoms with Gasteiger partial charge in [0.1, 0.15) is 0 Å². The van der Waals surface area contributed by atoms with Crippen LogP contribution in [0.5, 0.6) is 0 Å². The van der Waals surface area contributed by atoms with E-state index in [1.807, 2.05) is 23.5 Å². The predicted octanol–water partition coefficient (Wildman–Crippen LogP) is 12.1. The molecule has 3 heterocycles. The first-order valence-corrected chi connectivity index (χ1v) is 17.1. The third-order valence-electron chi connectivity index (χ3n) is 9.95. The molecular formula is C44H25N3S. The Labute approximate surface area is 280 Å². The van der Waals surface area contributed by atoms with Gasteiger partial charge in [0.05, 0.1) is 22.4 Å². The van der Waals surface area contributed by atoms with Crippen LogP contribution in [0.3, 0.4) is 0 Å². The molecule has 222 valence electrons. The number of hydrogen-bond acceptors (Lipinski definition) is 3. The van der Waals surface area contributed by atoms with E-state index < -0.39 is 0 Å². The third kappa shape index (κ3) is 3.58. The van der Waals surface area contributed by atoms with E-state index in [1.165, 1.54) is 64.0 Å². The Balaban J connectivity index is 1.28. The Morgan fingerprint density at radius 2 is 1.06 bits per heavy atom. The Morgan fingerprint density at radius 1 is 0.417 bits per heavy atom. The molecule has 0 fully saturated rings. The van der Waals surface area contributed by atoms with Gasteiger partial charge in [-0.05, 0) is 69.4 Å². The molecule has 0 aliphatic heterocycles. The Morgan fingerprint density at radius 3 is 1.83 bits per heavy atom. The van der Waals surface area contributed by atoms with Crippen molar-refractivity contribution in [1.29, 1.82) is 0 Å². The molecule has 0 radical (unpaired) electrons. The van der Waals surface area contributed by atoms with Gasteiger partial charge in [0.25, 0.3) is 0 Å². The molecular weight excluding hydrogens is 603 g/mol. The lowest BCUT2D eigenvalue weighted by Gasteiger charge is -2.15. The minimum atomic E-state index is 0.671. The van der Waals surface area contributed by atoms with Gasteiger partial charge in [-0.15, -0.1) is 11.3 Å². The molecule has 0 saturated carbocycles. The van der Waals surface area contributed by atoms with E-state index in [2.05, 4.69) is 144 Å². The highest BCUT2D eigenvalue weighted by molar-refractivity contribution is 7.25. The molecule has 10 aromatic rings. The van der Waals surface area contributed by atoms with E-state index in [1.54, 1.807) is 0 Å². The van der Waals surface area contributed by atoms with E-state index in [0.717, 1.165) is 33.5 Å². The lowest BCUT2D eigenvalue weighted by molar-refractivity contribution is 0.996. The molecule has 0 bridgehead atoms. The topological polar surface area (TPSA) is 30.7 Å². The summed E-state index contributed by atoms with van der Waals surface area (Å²) in [5.74, 6) is 0.671. The molecule has 0 unspecified atom stereocenters. The molecule has 0 saturated heterocycles.